The van der Waals surface area contributed by atoms with Crippen molar-refractivity contribution < 1.29 is 58.7 Å². The van der Waals surface area contributed by atoms with Gasteiger partial charge in [-0.05, 0) is 0 Å². The number of benzene rings is 3. The van der Waals surface area contributed by atoms with E-state index in [1.807, 2.05) is 0 Å². The SMILES string of the molecule is CC(C)=c1ccc2c(c1C1C=C(OCO[Si](C)(C)C)c3ccccc31)[C]([Zr+2])=c1ccccc1=2.[Cl-].[Cl-]. The van der Waals surface area contributed by atoms with Crippen LogP contribution in [0, 0.1) is 10.4 Å². The molecular weight excluding hydrogens is 571 g/mol. The van der Waals surface area contributed by atoms with E-state index in [0.29, 0.717) is 6.79 Å². The molecule has 2 nitrogen and oxygen atoms in total. The van der Waals surface area contributed by atoms with Crippen molar-refractivity contribution in [3.8, 4) is 0 Å². The molecule has 0 amide bonds. The van der Waals surface area contributed by atoms with E-state index < -0.39 is 8.32 Å². The molecule has 0 aromatic heterocycles. The largest absolute Gasteiger partial charge is 1.00 e. The summed E-state index contributed by atoms with van der Waals surface area (Å²) in [5.74, 6) is 1.10. The molecule has 0 saturated heterocycles. The van der Waals surface area contributed by atoms with Gasteiger partial charge in [-0.1, -0.05) is 0 Å². The predicted octanol–water partition coefficient (Wildman–Crippen LogP) is -0.499. The van der Waals surface area contributed by atoms with E-state index in [4.69, 9.17) is 9.16 Å². The standard InChI is InChI=1S/C29H29O2Si.2ClH.Zr/c1-19(2)21-14-15-24-22-11-7-6-10-20(22)16-26(24)29(21)27-17-28(30-18-31-32(3,4)5)25-13-9-8-12-23(25)27;;;/h6-15,17,27H,18H2,1-5H3;2*1H;/q;;;+2/p-2. The fourth-order valence-corrected chi connectivity index (χ4v) is 6.51. The number of allylic oxidation sites excluding steroid dienone is 1. The average Bonchev–Trinajstić information content (AvgIpc) is 3.29. The molecule has 2 aliphatic rings. The van der Waals surface area contributed by atoms with E-state index in [2.05, 4.69) is 100 Å². The van der Waals surface area contributed by atoms with Crippen LogP contribution in [0.1, 0.15) is 42.0 Å². The quantitative estimate of drug-likeness (QED) is 0.291. The molecule has 1 atom stereocenters. The molecule has 3 aromatic rings. The van der Waals surface area contributed by atoms with Crippen LogP contribution in [0.5, 0.6) is 0 Å². The van der Waals surface area contributed by atoms with E-state index in [1.54, 1.807) is 0 Å². The summed E-state index contributed by atoms with van der Waals surface area (Å²) in [6.45, 7) is 11.3. The third-order valence-corrected chi connectivity index (χ3v) is 8.68. The number of fused-ring (bicyclic) bond motifs is 3. The maximum Gasteiger partial charge on any atom is -1.00 e. The zero-order valence-electron chi connectivity index (χ0n) is 20.7. The Kier molecular flexibility index (Phi) is 8.77. The van der Waals surface area contributed by atoms with Gasteiger partial charge >= 0.3 is 213 Å². The molecule has 1 unspecified atom stereocenters. The van der Waals surface area contributed by atoms with Crippen molar-refractivity contribution in [3.63, 3.8) is 0 Å². The van der Waals surface area contributed by atoms with Gasteiger partial charge in [0, 0.05) is 0 Å². The van der Waals surface area contributed by atoms with Crippen LogP contribution in [0.3, 0.4) is 0 Å². The molecule has 0 radical (unpaired) electrons. The van der Waals surface area contributed by atoms with Crippen LogP contribution >= 0.6 is 0 Å². The van der Waals surface area contributed by atoms with Crippen LogP contribution in [0.2, 0.25) is 19.6 Å². The number of hydrogen-bond acceptors (Lipinski definition) is 2. The summed E-state index contributed by atoms with van der Waals surface area (Å²) in [7, 11) is -1.64. The summed E-state index contributed by atoms with van der Waals surface area (Å²) < 4.78 is 13.7. The zero-order chi connectivity index (χ0) is 23.3. The first kappa shape index (κ1) is 28.2. The number of rotatable bonds is 5. The van der Waals surface area contributed by atoms with E-state index >= 15 is 0 Å². The summed E-state index contributed by atoms with van der Waals surface area (Å²) in [6, 6.07) is 22.2. The molecule has 0 bridgehead atoms. The van der Waals surface area contributed by atoms with Crippen molar-refractivity contribution in [1.82, 2.24) is 0 Å². The molecule has 35 heavy (non-hydrogen) atoms. The Morgan fingerprint density at radius 2 is 1.51 bits per heavy atom. The van der Waals surface area contributed by atoms with Gasteiger partial charge in [-0.3, -0.25) is 0 Å². The second-order valence-corrected chi connectivity index (χ2v) is 15.7. The minimum absolute atomic E-state index is 0. The molecule has 0 saturated carbocycles. The van der Waals surface area contributed by atoms with Crippen LogP contribution in [-0.2, 0) is 33.9 Å². The molecule has 2 aliphatic carbocycles. The van der Waals surface area contributed by atoms with Gasteiger partial charge in [0.1, 0.15) is 0 Å². The van der Waals surface area contributed by atoms with Gasteiger partial charge in [-0.2, -0.15) is 0 Å². The van der Waals surface area contributed by atoms with E-state index in [-0.39, 0.29) is 30.7 Å². The molecule has 6 heteroatoms. The molecule has 0 aliphatic heterocycles. The summed E-state index contributed by atoms with van der Waals surface area (Å²) in [4.78, 5) is 0. The minimum Gasteiger partial charge on any atom is -1.00 e. The third kappa shape index (κ3) is 5.20. The van der Waals surface area contributed by atoms with Gasteiger partial charge in [0.05, 0.1) is 0 Å². The smallest absolute Gasteiger partial charge is 1.00 e. The Morgan fingerprint density at radius 1 is 0.857 bits per heavy atom. The van der Waals surface area contributed by atoms with Crippen molar-refractivity contribution in [2.24, 2.45) is 0 Å². The van der Waals surface area contributed by atoms with E-state index in [9.17, 15) is 0 Å². The molecular formula is C29H29Cl2O2SiZr. The molecule has 0 spiro atoms. The monoisotopic (exact) mass is 597 g/mol. The summed E-state index contributed by atoms with van der Waals surface area (Å²) in [5.41, 5.74) is 6.67. The van der Waals surface area contributed by atoms with Crippen molar-refractivity contribution >= 4 is 22.9 Å². The molecule has 0 fully saturated rings. The first-order chi connectivity index (χ1) is 15.8. The van der Waals surface area contributed by atoms with Crippen LogP contribution in [0.25, 0.3) is 14.6 Å². The van der Waals surface area contributed by atoms with Gasteiger partial charge in [-0.25, -0.2) is 0 Å². The zero-order valence-corrected chi connectivity index (χ0v) is 25.7. The van der Waals surface area contributed by atoms with Gasteiger partial charge in [0.15, 0.2) is 0 Å². The topological polar surface area (TPSA) is 18.5 Å². The average molecular weight is 600 g/mol. The Balaban J connectivity index is 0.00000171. The minimum atomic E-state index is -1.64. The summed E-state index contributed by atoms with van der Waals surface area (Å²) >= 11 is 1.45. The first-order valence-electron chi connectivity index (χ1n) is 11.5. The Hall–Kier alpha value is -1.42. The van der Waals surface area contributed by atoms with Gasteiger partial charge in [0.25, 0.3) is 0 Å². The van der Waals surface area contributed by atoms with Gasteiger partial charge in [-0.15, -0.1) is 0 Å². The van der Waals surface area contributed by atoms with Crippen molar-refractivity contribution in [3.05, 3.63) is 110 Å². The number of ether oxygens (including phenoxy) is 1. The van der Waals surface area contributed by atoms with Gasteiger partial charge < -0.3 is 24.8 Å². The molecule has 0 N–H and O–H groups in total. The second kappa shape index (κ2) is 10.9. The van der Waals surface area contributed by atoms with Crippen LogP contribution < -0.4 is 35.3 Å². The Bertz CT molecular complexity index is 1520. The van der Waals surface area contributed by atoms with Crippen LogP contribution in [0.4, 0.5) is 0 Å². The second-order valence-electron chi connectivity index (χ2n) is 9.98. The van der Waals surface area contributed by atoms with Crippen molar-refractivity contribution in [2.45, 2.75) is 39.4 Å². The third-order valence-electron chi connectivity index (χ3n) is 6.42. The maximum atomic E-state index is 6.23. The van der Waals surface area contributed by atoms with E-state index in [1.165, 1.54) is 76.7 Å². The predicted molar refractivity (Wildman–Crippen MR) is 134 cm³/mol. The van der Waals surface area contributed by atoms with Crippen molar-refractivity contribution in [2.75, 3.05) is 6.79 Å². The maximum absolute atomic E-state index is 6.23. The van der Waals surface area contributed by atoms with Crippen molar-refractivity contribution in [1.29, 1.82) is 0 Å². The number of halogens is 2. The normalized spacial score (nSPS) is 15.3. The van der Waals surface area contributed by atoms with Gasteiger partial charge in [0.2, 0.25) is 0 Å². The Labute approximate surface area is 236 Å². The van der Waals surface area contributed by atoms with Crippen LogP contribution in [0.15, 0.2) is 66.7 Å². The van der Waals surface area contributed by atoms with Crippen LogP contribution in [-0.4, -0.2) is 15.1 Å². The van der Waals surface area contributed by atoms with E-state index in [0.717, 1.165) is 5.76 Å². The summed E-state index contributed by atoms with van der Waals surface area (Å²) in [5, 5.41) is 5.45. The molecule has 3 aromatic carbocycles. The molecule has 0 heterocycles. The fraction of sp³-hybridized carbons (Fsp3) is 0.241. The molecule has 179 valence electrons. The number of hydrogen-bond donors (Lipinski definition) is 0. The first-order valence-corrected chi connectivity index (χ1v) is 16.1. The molecule has 5 rings (SSSR count). The fourth-order valence-electron chi connectivity index (χ4n) is 4.90. The summed E-state index contributed by atoms with van der Waals surface area (Å²) in [6.07, 6.45) is 2.31. The Morgan fingerprint density at radius 3 is 2.20 bits per heavy atom.